The largest absolute Gasteiger partial charge is 0.459 e. The van der Waals surface area contributed by atoms with Gasteiger partial charge >= 0.3 is 11.9 Å². The summed E-state index contributed by atoms with van der Waals surface area (Å²) in [4.78, 5) is 27.9. The Morgan fingerprint density at radius 3 is 2.54 bits per heavy atom. The molecular weight excluding hydrogens is 330 g/mol. The third-order valence-corrected chi connectivity index (χ3v) is 4.50. The van der Waals surface area contributed by atoms with Crippen LogP contribution in [0.25, 0.3) is 0 Å². The van der Waals surface area contributed by atoms with Gasteiger partial charge in [-0.1, -0.05) is 29.8 Å². The van der Waals surface area contributed by atoms with Crippen molar-refractivity contribution in [1.29, 1.82) is 0 Å². The molecule has 0 spiro atoms. The molecule has 2 rings (SSSR count). The summed E-state index contributed by atoms with van der Waals surface area (Å²) in [5, 5.41) is 3.33. The Kier molecular flexibility index (Phi) is 7.02. The van der Waals surface area contributed by atoms with Crippen molar-refractivity contribution in [2.75, 3.05) is 46.4 Å². The van der Waals surface area contributed by atoms with Crippen molar-refractivity contribution in [2.24, 2.45) is 0 Å². The molecule has 24 heavy (non-hydrogen) atoms. The van der Waals surface area contributed by atoms with Crippen molar-refractivity contribution in [2.45, 2.75) is 13.0 Å². The Hall–Kier alpha value is -1.63. The molecule has 1 N–H and O–H groups in total. The number of esters is 1. The van der Waals surface area contributed by atoms with Crippen LogP contribution in [-0.2, 0) is 14.3 Å². The number of carbonyl (C=O) groups is 2. The second kappa shape index (κ2) is 9.01. The molecule has 1 aromatic carbocycles. The Labute approximate surface area is 147 Å². The Bertz CT molecular complexity index is 574. The molecule has 0 saturated carbocycles. The first-order valence-corrected chi connectivity index (χ1v) is 8.52. The predicted molar refractivity (Wildman–Crippen MR) is 92.9 cm³/mol. The van der Waals surface area contributed by atoms with Crippen LogP contribution < -0.4 is 5.32 Å². The van der Waals surface area contributed by atoms with Crippen LogP contribution in [0, 0.1) is 0 Å². The van der Waals surface area contributed by atoms with Gasteiger partial charge in [0, 0.05) is 37.7 Å². The molecule has 1 saturated heterocycles. The number of amides is 1. The molecule has 6 nitrogen and oxygen atoms in total. The molecule has 1 aliphatic heterocycles. The van der Waals surface area contributed by atoms with Crippen LogP contribution in [0.1, 0.15) is 18.5 Å². The van der Waals surface area contributed by atoms with Gasteiger partial charge < -0.3 is 15.0 Å². The minimum Gasteiger partial charge on any atom is -0.459 e. The molecule has 1 atom stereocenters. The zero-order chi connectivity index (χ0) is 17.5. The van der Waals surface area contributed by atoms with Crippen LogP contribution in [0.3, 0.4) is 0 Å². The summed E-state index contributed by atoms with van der Waals surface area (Å²) in [5.41, 5.74) is 0.952. The maximum absolute atomic E-state index is 11.8. The lowest BCUT2D eigenvalue weighted by atomic mass is 10.0. The molecule has 1 aromatic rings. The lowest BCUT2D eigenvalue weighted by molar-refractivity contribution is -0.154. The van der Waals surface area contributed by atoms with E-state index in [-0.39, 0.29) is 12.6 Å². The average Bonchev–Trinajstić information content (AvgIpc) is 2.58. The summed E-state index contributed by atoms with van der Waals surface area (Å²) in [6.45, 7) is 5.81. The van der Waals surface area contributed by atoms with Gasteiger partial charge in [-0.15, -0.1) is 0 Å². The molecule has 0 aliphatic carbocycles. The summed E-state index contributed by atoms with van der Waals surface area (Å²) >= 11 is 6.35. The lowest BCUT2D eigenvalue weighted by Gasteiger charge is -2.38. The fourth-order valence-corrected chi connectivity index (χ4v) is 3.03. The van der Waals surface area contributed by atoms with Crippen LogP contribution >= 0.6 is 11.6 Å². The summed E-state index contributed by atoms with van der Waals surface area (Å²) in [6.07, 6.45) is 0. The minimum atomic E-state index is -0.853. The fraction of sp³-hybridized carbons (Fsp3) is 0.529. The van der Waals surface area contributed by atoms with E-state index in [4.69, 9.17) is 16.3 Å². The number of ether oxygens (including phenoxy) is 1. The second-order valence-corrected chi connectivity index (χ2v) is 6.21. The number of hydrogen-bond donors (Lipinski definition) is 1. The number of nitrogens with zero attached hydrogens (tertiary/aromatic N) is 2. The highest BCUT2D eigenvalue weighted by molar-refractivity contribution is 6.32. The van der Waals surface area contributed by atoms with Crippen molar-refractivity contribution >= 4 is 23.5 Å². The Morgan fingerprint density at radius 1 is 1.25 bits per heavy atom. The quantitative estimate of drug-likeness (QED) is 0.639. The van der Waals surface area contributed by atoms with Gasteiger partial charge in [-0.3, -0.25) is 9.69 Å². The van der Waals surface area contributed by atoms with Crippen LogP contribution in [0.15, 0.2) is 24.3 Å². The van der Waals surface area contributed by atoms with Gasteiger partial charge in [0.2, 0.25) is 0 Å². The number of benzene rings is 1. The minimum absolute atomic E-state index is 0.0780. The average molecular weight is 354 g/mol. The molecule has 7 heteroatoms. The molecule has 0 bridgehead atoms. The van der Waals surface area contributed by atoms with Gasteiger partial charge in [0.1, 0.15) is 0 Å². The molecule has 132 valence electrons. The highest BCUT2D eigenvalue weighted by Crippen LogP contribution is 2.27. The lowest BCUT2D eigenvalue weighted by Crippen LogP contribution is -2.49. The number of halogens is 1. The van der Waals surface area contributed by atoms with Gasteiger partial charge in [-0.25, -0.2) is 4.79 Å². The maximum atomic E-state index is 11.8. The van der Waals surface area contributed by atoms with Crippen LogP contribution in [-0.4, -0.2) is 68.1 Å². The summed E-state index contributed by atoms with van der Waals surface area (Å²) in [6, 6.07) is 7.53. The van der Waals surface area contributed by atoms with Gasteiger partial charge in [-0.05, 0) is 25.6 Å². The third-order valence-electron chi connectivity index (χ3n) is 4.16. The second-order valence-electron chi connectivity index (χ2n) is 5.81. The highest BCUT2D eigenvalue weighted by Gasteiger charge is 2.27. The van der Waals surface area contributed by atoms with Gasteiger partial charge in [0.25, 0.3) is 0 Å². The van der Waals surface area contributed by atoms with Crippen LogP contribution in [0.5, 0.6) is 0 Å². The monoisotopic (exact) mass is 353 g/mol. The van der Waals surface area contributed by atoms with Gasteiger partial charge in [0.15, 0.2) is 0 Å². The van der Waals surface area contributed by atoms with Crippen molar-refractivity contribution in [3.05, 3.63) is 34.9 Å². The number of nitrogens with one attached hydrogen (secondary N) is 1. The SMILES string of the molecule is CCOC(=O)C(=O)NCC(c1ccccc1Cl)N1CCN(C)CC1. The number of likely N-dealkylation sites (N-methyl/N-ethyl adjacent to an activating group) is 1. The molecule has 1 heterocycles. The first-order chi connectivity index (χ1) is 11.5. The van der Waals surface area contributed by atoms with E-state index < -0.39 is 11.9 Å². The first-order valence-electron chi connectivity index (χ1n) is 8.15. The van der Waals surface area contributed by atoms with Crippen molar-refractivity contribution in [1.82, 2.24) is 15.1 Å². The number of piperazine rings is 1. The van der Waals surface area contributed by atoms with Crippen LogP contribution in [0.4, 0.5) is 0 Å². The van der Waals surface area contributed by atoms with Gasteiger partial charge in [0.05, 0.1) is 12.6 Å². The van der Waals surface area contributed by atoms with Gasteiger partial charge in [-0.2, -0.15) is 0 Å². The molecule has 1 amide bonds. The smallest absolute Gasteiger partial charge is 0.396 e. The van der Waals surface area contributed by atoms with Crippen LogP contribution in [0.2, 0.25) is 5.02 Å². The zero-order valence-corrected chi connectivity index (χ0v) is 14.9. The van der Waals surface area contributed by atoms with E-state index >= 15 is 0 Å². The summed E-state index contributed by atoms with van der Waals surface area (Å²) < 4.78 is 4.73. The zero-order valence-electron chi connectivity index (χ0n) is 14.1. The molecule has 1 unspecified atom stereocenters. The van der Waals surface area contributed by atoms with Crippen molar-refractivity contribution in [3.8, 4) is 0 Å². The molecular formula is C17H24ClN3O3. The van der Waals surface area contributed by atoms with E-state index in [0.717, 1.165) is 31.7 Å². The highest BCUT2D eigenvalue weighted by atomic mass is 35.5. The molecule has 1 aliphatic rings. The third kappa shape index (κ3) is 4.93. The predicted octanol–water partition coefficient (Wildman–Crippen LogP) is 1.31. The number of rotatable bonds is 5. The summed E-state index contributed by atoms with van der Waals surface area (Å²) in [5.74, 6) is -1.57. The van der Waals surface area contributed by atoms with E-state index in [1.54, 1.807) is 6.92 Å². The van der Waals surface area contributed by atoms with Crippen molar-refractivity contribution < 1.29 is 14.3 Å². The number of carbonyl (C=O) groups excluding carboxylic acids is 2. The number of hydrogen-bond acceptors (Lipinski definition) is 5. The fourth-order valence-electron chi connectivity index (χ4n) is 2.77. The topological polar surface area (TPSA) is 61.9 Å². The maximum Gasteiger partial charge on any atom is 0.396 e. The molecule has 0 aromatic heterocycles. The van der Waals surface area contributed by atoms with E-state index in [1.165, 1.54) is 0 Å². The van der Waals surface area contributed by atoms with E-state index in [2.05, 4.69) is 22.2 Å². The van der Waals surface area contributed by atoms with E-state index in [0.29, 0.717) is 11.6 Å². The first kappa shape index (κ1) is 18.7. The normalized spacial score (nSPS) is 17.3. The summed E-state index contributed by atoms with van der Waals surface area (Å²) in [7, 11) is 2.09. The molecule has 0 radical (unpaired) electrons. The standard InChI is InChI=1S/C17H24ClN3O3/c1-3-24-17(23)16(22)19-12-15(13-6-4-5-7-14(13)18)21-10-8-20(2)9-11-21/h4-7,15H,3,8-12H2,1-2H3,(H,19,22). The van der Waals surface area contributed by atoms with Crippen molar-refractivity contribution in [3.63, 3.8) is 0 Å². The Morgan fingerprint density at radius 2 is 1.92 bits per heavy atom. The van der Waals surface area contributed by atoms with E-state index in [1.807, 2.05) is 24.3 Å². The Balaban J connectivity index is 2.10. The molecule has 1 fully saturated rings. The van der Waals surface area contributed by atoms with E-state index in [9.17, 15) is 9.59 Å².